The Bertz CT molecular complexity index is 1600. The summed E-state index contributed by atoms with van der Waals surface area (Å²) in [4.78, 5) is 52.7. The highest BCUT2D eigenvalue weighted by Crippen LogP contribution is 2.41. The summed E-state index contributed by atoms with van der Waals surface area (Å²) in [5, 5.41) is 11.7. The molecule has 0 saturated carbocycles. The minimum atomic E-state index is -0.581. The van der Waals surface area contributed by atoms with Gasteiger partial charge in [0.05, 0.1) is 36.7 Å². The van der Waals surface area contributed by atoms with E-state index in [1.165, 1.54) is 11.8 Å². The number of methoxy groups -OCH3 is 1. The number of anilines is 1. The second kappa shape index (κ2) is 15.4. The Morgan fingerprint density at radius 1 is 0.936 bits per heavy atom. The van der Waals surface area contributed by atoms with Crippen molar-refractivity contribution in [3.8, 4) is 22.5 Å². The molecule has 0 atom stereocenters. The van der Waals surface area contributed by atoms with E-state index in [0.29, 0.717) is 35.6 Å². The second-order valence-electron chi connectivity index (χ2n) is 12.9. The Morgan fingerprint density at radius 3 is 2.36 bits per heavy atom. The summed E-state index contributed by atoms with van der Waals surface area (Å²) in [5.74, 6) is -0.859. The predicted octanol–water partition coefficient (Wildman–Crippen LogP) is 4.35. The molecule has 3 aromatic rings. The van der Waals surface area contributed by atoms with Gasteiger partial charge in [-0.25, -0.2) is 4.68 Å². The predicted molar refractivity (Wildman–Crippen MR) is 176 cm³/mol. The van der Waals surface area contributed by atoms with Crippen molar-refractivity contribution >= 4 is 29.3 Å². The normalized spacial score (nSPS) is 12.7. The van der Waals surface area contributed by atoms with E-state index < -0.39 is 17.0 Å². The largest absolute Gasteiger partial charge is 0.462 e. The Hall–Kier alpha value is -4.42. The van der Waals surface area contributed by atoms with Crippen molar-refractivity contribution in [1.82, 2.24) is 20.3 Å². The van der Waals surface area contributed by atoms with Gasteiger partial charge in [0.1, 0.15) is 24.6 Å². The average molecular weight is 648 g/mol. The molecule has 1 aromatic heterocycles. The van der Waals surface area contributed by atoms with Crippen LogP contribution in [0.25, 0.3) is 22.5 Å². The lowest BCUT2D eigenvalue weighted by Gasteiger charge is -2.30. The van der Waals surface area contributed by atoms with Gasteiger partial charge >= 0.3 is 5.97 Å². The number of ketones is 1. The number of nitrogens with one attached hydrogen (secondary N) is 1. The Labute approximate surface area is 275 Å². The van der Waals surface area contributed by atoms with Crippen LogP contribution in [0, 0.1) is 5.41 Å². The van der Waals surface area contributed by atoms with E-state index in [1.807, 2.05) is 76.2 Å². The molecule has 252 valence electrons. The molecule has 0 bridgehead atoms. The summed E-state index contributed by atoms with van der Waals surface area (Å²) in [6.07, 6.45) is 0.567. The van der Waals surface area contributed by atoms with Crippen molar-refractivity contribution in [3.05, 3.63) is 54.1 Å². The van der Waals surface area contributed by atoms with Crippen molar-refractivity contribution in [3.63, 3.8) is 0 Å². The van der Waals surface area contributed by atoms with Gasteiger partial charge in [-0.1, -0.05) is 61.5 Å². The van der Waals surface area contributed by atoms with Crippen LogP contribution in [0.1, 0.15) is 59.4 Å². The molecule has 2 heterocycles. The van der Waals surface area contributed by atoms with Crippen LogP contribution in [0.15, 0.2) is 48.5 Å². The van der Waals surface area contributed by atoms with E-state index in [4.69, 9.17) is 14.2 Å². The zero-order chi connectivity index (χ0) is 34.2. The molecule has 1 aliphatic rings. The molecule has 12 nitrogen and oxygen atoms in total. The molecule has 0 aliphatic carbocycles. The zero-order valence-corrected chi connectivity index (χ0v) is 28.1. The number of ether oxygens (including phenoxy) is 3. The van der Waals surface area contributed by atoms with Gasteiger partial charge in [0.15, 0.2) is 0 Å². The summed E-state index contributed by atoms with van der Waals surface area (Å²) in [6.45, 7) is 10.3. The van der Waals surface area contributed by atoms with Crippen LogP contribution < -0.4 is 10.2 Å². The minimum absolute atomic E-state index is 0.00188. The van der Waals surface area contributed by atoms with Gasteiger partial charge < -0.3 is 24.4 Å². The Balaban J connectivity index is 1.46. The number of Topliss-reactive ketones (excluding diaryl/α,β-unsaturated/α-hetero) is 1. The second-order valence-corrected chi connectivity index (χ2v) is 12.9. The molecule has 0 unspecified atom stereocenters. The van der Waals surface area contributed by atoms with Crippen molar-refractivity contribution in [2.45, 2.75) is 72.6 Å². The van der Waals surface area contributed by atoms with Crippen molar-refractivity contribution in [2.24, 2.45) is 5.41 Å². The quantitative estimate of drug-likeness (QED) is 0.188. The first kappa shape index (κ1) is 35.4. The van der Waals surface area contributed by atoms with Gasteiger partial charge in [-0.05, 0) is 38.8 Å². The first-order chi connectivity index (χ1) is 22.3. The number of esters is 1. The number of benzene rings is 2. The third-order valence-corrected chi connectivity index (χ3v) is 8.31. The molecule has 0 saturated heterocycles. The van der Waals surface area contributed by atoms with Crippen molar-refractivity contribution in [2.75, 3.05) is 38.4 Å². The SMILES string of the molecule is COCCOC(=O)Cn1nnc2c1-c1ccccc1CN(C(=O)CCC(=O)NCCC(C)(C)OCC(C)(C)C(C)=O)c1ccccc1-2. The molecule has 1 N–H and O–H groups in total. The highest BCUT2D eigenvalue weighted by molar-refractivity contribution is 6.01. The number of fused-ring (bicyclic) bond motifs is 5. The lowest BCUT2D eigenvalue weighted by atomic mass is 9.90. The molecule has 2 amide bonds. The number of carbonyl (C=O) groups excluding carboxylic acids is 4. The number of rotatable bonds is 15. The molecular weight excluding hydrogens is 602 g/mol. The summed E-state index contributed by atoms with van der Waals surface area (Å²) in [7, 11) is 1.53. The lowest BCUT2D eigenvalue weighted by Crippen LogP contribution is -2.37. The molecule has 2 aromatic carbocycles. The summed E-state index contributed by atoms with van der Waals surface area (Å²) in [6, 6.07) is 15.0. The Morgan fingerprint density at radius 2 is 1.64 bits per heavy atom. The topological polar surface area (TPSA) is 142 Å². The third kappa shape index (κ3) is 9.11. The van der Waals surface area contributed by atoms with E-state index in [0.717, 1.165) is 11.1 Å². The molecule has 12 heteroatoms. The first-order valence-corrected chi connectivity index (χ1v) is 15.8. The van der Waals surface area contributed by atoms with Crippen LogP contribution in [0.2, 0.25) is 0 Å². The zero-order valence-electron chi connectivity index (χ0n) is 28.1. The fourth-order valence-corrected chi connectivity index (χ4v) is 5.05. The molecule has 0 fully saturated rings. The van der Waals surface area contributed by atoms with Gasteiger partial charge in [0.2, 0.25) is 11.8 Å². The number of hydrogen-bond acceptors (Lipinski definition) is 9. The van der Waals surface area contributed by atoms with Gasteiger partial charge in [-0.2, -0.15) is 0 Å². The summed E-state index contributed by atoms with van der Waals surface area (Å²) >= 11 is 0. The third-order valence-electron chi connectivity index (χ3n) is 8.31. The maximum atomic E-state index is 13.8. The molecule has 1 aliphatic heterocycles. The van der Waals surface area contributed by atoms with Gasteiger partial charge in [0, 0.05) is 43.0 Å². The maximum absolute atomic E-state index is 13.8. The minimum Gasteiger partial charge on any atom is -0.462 e. The Kier molecular flexibility index (Phi) is 11.6. The first-order valence-electron chi connectivity index (χ1n) is 15.8. The number of para-hydroxylation sites is 1. The highest BCUT2D eigenvalue weighted by atomic mass is 16.6. The molecule has 47 heavy (non-hydrogen) atoms. The summed E-state index contributed by atoms with van der Waals surface area (Å²) < 4.78 is 17.8. The molecule has 0 spiro atoms. The monoisotopic (exact) mass is 647 g/mol. The fraction of sp³-hybridized carbons (Fsp3) is 0.486. The standard InChI is InChI=1S/C35H45N5O7/c1-24(41)34(2,3)23-47-35(4,5)17-18-36-29(42)15-16-30(43)39-21-25-11-7-8-12-26(25)33-32(27-13-9-10-14-28(27)39)37-38-40(33)22-31(44)46-20-19-45-6/h7-14H,15-23H2,1-6H3,(H,36,42). The smallest absolute Gasteiger partial charge is 0.327 e. The van der Waals surface area contributed by atoms with E-state index in [-0.39, 0.29) is 63.3 Å². The van der Waals surface area contributed by atoms with E-state index >= 15 is 0 Å². The number of carbonyl (C=O) groups is 4. The van der Waals surface area contributed by atoms with Gasteiger partial charge in [-0.15, -0.1) is 5.10 Å². The van der Waals surface area contributed by atoms with Crippen LogP contribution in [0.5, 0.6) is 0 Å². The van der Waals surface area contributed by atoms with Gasteiger partial charge in [-0.3, -0.25) is 19.2 Å². The highest BCUT2D eigenvalue weighted by Gasteiger charge is 2.31. The molecule has 0 radical (unpaired) electrons. The fourth-order valence-electron chi connectivity index (χ4n) is 5.05. The number of amides is 2. The van der Waals surface area contributed by atoms with Gasteiger partial charge in [0.25, 0.3) is 0 Å². The van der Waals surface area contributed by atoms with E-state index in [1.54, 1.807) is 11.8 Å². The van der Waals surface area contributed by atoms with Crippen molar-refractivity contribution < 1.29 is 33.4 Å². The molecular formula is C35H45N5O7. The average Bonchev–Trinajstić information content (AvgIpc) is 3.43. The number of aromatic nitrogens is 3. The van der Waals surface area contributed by atoms with Crippen LogP contribution >= 0.6 is 0 Å². The van der Waals surface area contributed by atoms with Crippen molar-refractivity contribution in [1.29, 1.82) is 0 Å². The van der Waals surface area contributed by atoms with E-state index in [9.17, 15) is 19.2 Å². The van der Waals surface area contributed by atoms with Crippen LogP contribution in [-0.4, -0.2) is 77.6 Å². The maximum Gasteiger partial charge on any atom is 0.327 e. The lowest BCUT2D eigenvalue weighted by molar-refractivity contribution is -0.145. The van der Waals surface area contributed by atoms with Crippen LogP contribution in [-0.2, 0) is 46.5 Å². The van der Waals surface area contributed by atoms with E-state index in [2.05, 4.69) is 15.6 Å². The molecule has 4 rings (SSSR count). The number of nitrogens with zero attached hydrogens (tertiary/aromatic N) is 4. The van der Waals surface area contributed by atoms with Crippen LogP contribution in [0.4, 0.5) is 5.69 Å². The summed E-state index contributed by atoms with van der Waals surface area (Å²) in [5.41, 5.74) is 3.01. The number of hydrogen-bond donors (Lipinski definition) is 1. The van der Waals surface area contributed by atoms with Crippen LogP contribution in [0.3, 0.4) is 0 Å².